The number of fused-ring (bicyclic) bond motifs is 1. The van der Waals surface area contributed by atoms with Gasteiger partial charge < -0.3 is 9.42 Å². The highest BCUT2D eigenvalue weighted by molar-refractivity contribution is 5.76. The van der Waals surface area contributed by atoms with Gasteiger partial charge in [0.15, 0.2) is 0 Å². The molecule has 10 heteroatoms. The minimum atomic E-state index is -0.366. The van der Waals surface area contributed by atoms with Crippen molar-refractivity contribution < 1.29 is 13.7 Å². The highest BCUT2D eigenvalue weighted by Gasteiger charge is 2.29. The van der Waals surface area contributed by atoms with Gasteiger partial charge in [0.25, 0.3) is 0 Å². The monoisotopic (exact) mass is 440 g/mol. The topological polar surface area (TPSA) is 99.1 Å². The fourth-order valence-corrected chi connectivity index (χ4v) is 4.51. The zero-order valence-corrected chi connectivity index (χ0v) is 17.7. The lowest BCUT2D eigenvalue weighted by atomic mass is 9.98. The number of aromatic nitrogens is 5. The Morgan fingerprint density at radius 3 is 2.97 bits per heavy atom. The Morgan fingerprint density at radius 2 is 2.09 bits per heavy atom. The number of carbonyl (C=O) groups is 1. The first-order valence-electron chi connectivity index (χ1n) is 11.1. The molecule has 0 aliphatic carbocycles. The number of hydrogen-bond acceptors (Lipinski definition) is 6. The quantitative estimate of drug-likeness (QED) is 0.618. The molecule has 2 aromatic heterocycles. The Balaban J connectivity index is 1.27. The lowest BCUT2D eigenvalue weighted by Gasteiger charge is -2.30. The molecular formula is C22H25FN6O3. The molecule has 1 fully saturated rings. The minimum absolute atomic E-state index is 0.0655. The van der Waals surface area contributed by atoms with Gasteiger partial charge in [-0.1, -0.05) is 23.7 Å². The maximum Gasteiger partial charge on any atom is 0.346 e. The van der Waals surface area contributed by atoms with E-state index in [9.17, 15) is 14.0 Å². The smallest absolute Gasteiger partial charge is 0.340 e. The van der Waals surface area contributed by atoms with Crippen molar-refractivity contribution in [3.8, 4) is 11.4 Å². The lowest BCUT2D eigenvalue weighted by Crippen LogP contribution is -2.42. The number of rotatable bonds is 4. The Labute approximate surface area is 183 Å². The fraction of sp³-hybridized carbons (Fsp3) is 0.500. The van der Waals surface area contributed by atoms with E-state index in [-0.39, 0.29) is 29.9 Å². The summed E-state index contributed by atoms with van der Waals surface area (Å²) in [5, 5.41) is 8.40. The molecule has 168 valence electrons. The van der Waals surface area contributed by atoms with Crippen molar-refractivity contribution in [2.24, 2.45) is 0 Å². The summed E-state index contributed by atoms with van der Waals surface area (Å²) in [4.78, 5) is 31.8. The number of benzene rings is 1. The Morgan fingerprint density at radius 1 is 1.19 bits per heavy atom. The molecule has 0 N–H and O–H groups in total. The highest BCUT2D eigenvalue weighted by Crippen LogP contribution is 2.28. The van der Waals surface area contributed by atoms with E-state index in [1.807, 2.05) is 0 Å². The normalized spacial score (nSPS) is 18.9. The SMILES string of the molecule is O=C(Cn1nc2n(c1=O)CCCCC2)N1CCCC(c2nc(-c3cccc(F)c3)no2)C1. The van der Waals surface area contributed by atoms with Gasteiger partial charge >= 0.3 is 5.69 Å². The van der Waals surface area contributed by atoms with Crippen molar-refractivity contribution in [1.82, 2.24) is 29.4 Å². The number of nitrogens with zero attached hydrogens (tertiary/aromatic N) is 6. The number of aryl methyl sites for hydroxylation is 1. The molecule has 1 unspecified atom stereocenters. The van der Waals surface area contributed by atoms with Crippen molar-refractivity contribution in [1.29, 1.82) is 0 Å². The Bertz CT molecular complexity index is 1180. The predicted octanol–water partition coefficient (Wildman–Crippen LogP) is 2.37. The van der Waals surface area contributed by atoms with Crippen molar-refractivity contribution in [3.05, 3.63) is 52.3 Å². The molecular weight excluding hydrogens is 415 g/mol. The largest absolute Gasteiger partial charge is 0.346 e. The van der Waals surface area contributed by atoms with E-state index in [0.717, 1.165) is 44.3 Å². The summed E-state index contributed by atoms with van der Waals surface area (Å²) >= 11 is 0. The van der Waals surface area contributed by atoms with Crippen LogP contribution in [0.1, 0.15) is 49.7 Å². The number of hydrogen-bond donors (Lipinski definition) is 0. The maximum absolute atomic E-state index is 13.5. The van der Waals surface area contributed by atoms with E-state index in [1.54, 1.807) is 21.6 Å². The Kier molecular flexibility index (Phi) is 5.59. The van der Waals surface area contributed by atoms with Gasteiger partial charge in [-0.15, -0.1) is 0 Å². The molecule has 0 spiro atoms. The third-order valence-corrected chi connectivity index (χ3v) is 6.21. The summed E-state index contributed by atoms with van der Waals surface area (Å²) in [7, 11) is 0. The molecule has 4 heterocycles. The van der Waals surface area contributed by atoms with Crippen LogP contribution in [0.15, 0.2) is 33.6 Å². The highest BCUT2D eigenvalue weighted by atomic mass is 19.1. The van der Waals surface area contributed by atoms with Crippen molar-refractivity contribution in [2.75, 3.05) is 13.1 Å². The first-order valence-corrected chi connectivity index (χ1v) is 11.1. The van der Waals surface area contributed by atoms with Gasteiger partial charge in [0.1, 0.15) is 18.2 Å². The molecule has 1 saturated heterocycles. The summed E-state index contributed by atoms with van der Waals surface area (Å²) in [5.74, 6) is 0.928. The van der Waals surface area contributed by atoms with Crippen LogP contribution >= 0.6 is 0 Å². The van der Waals surface area contributed by atoms with Gasteiger partial charge in [0, 0.05) is 31.6 Å². The van der Waals surface area contributed by atoms with Crippen molar-refractivity contribution in [3.63, 3.8) is 0 Å². The molecule has 0 bridgehead atoms. The summed E-state index contributed by atoms with van der Waals surface area (Å²) in [6.45, 7) is 1.65. The van der Waals surface area contributed by atoms with E-state index >= 15 is 0 Å². The van der Waals surface area contributed by atoms with E-state index in [4.69, 9.17) is 4.52 Å². The zero-order chi connectivity index (χ0) is 22.1. The average Bonchev–Trinajstić information content (AvgIpc) is 3.32. The summed E-state index contributed by atoms with van der Waals surface area (Å²) in [6, 6.07) is 6.03. The van der Waals surface area contributed by atoms with Crippen molar-refractivity contribution in [2.45, 2.75) is 57.5 Å². The average molecular weight is 440 g/mol. The van der Waals surface area contributed by atoms with E-state index in [2.05, 4.69) is 15.2 Å². The molecule has 0 saturated carbocycles. The molecule has 1 atom stereocenters. The minimum Gasteiger partial charge on any atom is -0.340 e. The second-order valence-electron chi connectivity index (χ2n) is 8.46. The number of halogens is 1. The number of likely N-dealkylation sites (tertiary alicyclic amines) is 1. The fourth-order valence-electron chi connectivity index (χ4n) is 4.51. The van der Waals surface area contributed by atoms with Crippen LogP contribution in [-0.4, -0.2) is 48.4 Å². The predicted molar refractivity (Wildman–Crippen MR) is 112 cm³/mol. The second-order valence-corrected chi connectivity index (χ2v) is 8.46. The van der Waals surface area contributed by atoms with Crippen LogP contribution < -0.4 is 5.69 Å². The van der Waals surface area contributed by atoms with E-state index < -0.39 is 0 Å². The molecule has 1 amide bonds. The van der Waals surface area contributed by atoms with Gasteiger partial charge in [-0.05, 0) is 37.8 Å². The van der Waals surface area contributed by atoms with Crippen LogP contribution in [0.2, 0.25) is 0 Å². The summed E-state index contributed by atoms with van der Waals surface area (Å²) in [5.41, 5.74) is 0.336. The number of carbonyl (C=O) groups excluding carboxylic acids is 1. The molecule has 3 aromatic rings. The van der Waals surface area contributed by atoms with E-state index in [0.29, 0.717) is 36.9 Å². The third kappa shape index (κ3) is 4.09. The van der Waals surface area contributed by atoms with Gasteiger partial charge in [0.05, 0.1) is 5.92 Å². The van der Waals surface area contributed by atoms with E-state index in [1.165, 1.54) is 16.8 Å². The van der Waals surface area contributed by atoms with Crippen LogP contribution in [-0.2, 0) is 24.3 Å². The first-order chi connectivity index (χ1) is 15.6. The molecule has 0 radical (unpaired) electrons. The second kappa shape index (κ2) is 8.68. The lowest BCUT2D eigenvalue weighted by molar-refractivity contribution is -0.133. The van der Waals surface area contributed by atoms with Crippen LogP contribution in [0.5, 0.6) is 0 Å². The summed E-state index contributed by atoms with van der Waals surface area (Å²) < 4.78 is 21.9. The van der Waals surface area contributed by atoms with Crippen molar-refractivity contribution >= 4 is 5.91 Å². The van der Waals surface area contributed by atoms with Gasteiger partial charge in [0.2, 0.25) is 17.6 Å². The first kappa shape index (κ1) is 20.6. The molecule has 2 aliphatic rings. The molecule has 32 heavy (non-hydrogen) atoms. The van der Waals surface area contributed by atoms with Crippen LogP contribution in [0.4, 0.5) is 4.39 Å². The number of amides is 1. The summed E-state index contributed by atoms with van der Waals surface area (Å²) in [6.07, 6.45) is 5.44. The van der Waals surface area contributed by atoms with Gasteiger partial charge in [-0.25, -0.2) is 13.9 Å². The van der Waals surface area contributed by atoms with Crippen LogP contribution in [0.25, 0.3) is 11.4 Å². The maximum atomic E-state index is 13.5. The molecule has 9 nitrogen and oxygen atoms in total. The standard InChI is InChI=1S/C22H25FN6O3/c23-17-8-4-6-15(12-17)20-24-21(32-26-20)16-7-5-10-27(13-16)19(30)14-29-22(31)28-11-3-1-2-9-18(28)25-29/h4,6,8,12,16H,1-3,5,7,9-11,13-14H2. The van der Waals surface area contributed by atoms with Crippen LogP contribution in [0, 0.1) is 5.82 Å². The van der Waals surface area contributed by atoms with Crippen LogP contribution in [0.3, 0.4) is 0 Å². The number of piperidine rings is 1. The van der Waals surface area contributed by atoms with Gasteiger partial charge in [-0.2, -0.15) is 10.1 Å². The molecule has 5 rings (SSSR count). The van der Waals surface area contributed by atoms with Gasteiger partial charge in [-0.3, -0.25) is 9.36 Å². The molecule has 2 aliphatic heterocycles. The molecule has 1 aromatic carbocycles. The Hall–Kier alpha value is -3.30. The third-order valence-electron chi connectivity index (χ3n) is 6.21. The zero-order valence-electron chi connectivity index (χ0n) is 17.7.